The lowest BCUT2D eigenvalue weighted by Crippen LogP contribution is -2.50. The summed E-state index contributed by atoms with van der Waals surface area (Å²) in [6.07, 6.45) is 10.9. The van der Waals surface area contributed by atoms with Crippen LogP contribution in [0.4, 0.5) is 0 Å². The summed E-state index contributed by atoms with van der Waals surface area (Å²) in [6, 6.07) is 9.38. The molecule has 0 bridgehead atoms. The van der Waals surface area contributed by atoms with Crippen LogP contribution in [0.1, 0.15) is 50.1 Å². The number of hydrogen-bond donors (Lipinski definition) is 1. The molecule has 3 unspecified atom stereocenters. The van der Waals surface area contributed by atoms with E-state index in [2.05, 4.69) is 24.8 Å². The van der Waals surface area contributed by atoms with E-state index in [9.17, 15) is 8.76 Å². The maximum Gasteiger partial charge on any atom is 0.159 e. The van der Waals surface area contributed by atoms with E-state index in [0.29, 0.717) is 23.5 Å². The molecule has 0 radical (unpaired) electrons. The number of halogens is 1. The molecule has 2 aliphatic rings. The number of benzene rings is 1. The molecule has 3 aromatic heterocycles. The second-order valence-electron chi connectivity index (χ2n) is 10.5. The van der Waals surface area contributed by atoms with Crippen molar-refractivity contribution in [3.8, 4) is 5.75 Å². The van der Waals surface area contributed by atoms with Gasteiger partial charge in [-0.3, -0.25) is 9.11 Å². The van der Waals surface area contributed by atoms with E-state index in [1.165, 1.54) is 0 Å². The first-order valence-electron chi connectivity index (χ1n) is 13.3. The molecule has 4 heterocycles. The van der Waals surface area contributed by atoms with E-state index in [0.717, 1.165) is 85.0 Å². The largest absolute Gasteiger partial charge is 0.771 e. The number of ether oxygens (including phenoxy) is 1. The monoisotopic (exact) mass is 552 g/mol. The van der Waals surface area contributed by atoms with Gasteiger partial charge in [-0.25, -0.2) is 15.0 Å². The summed E-state index contributed by atoms with van der Waals surface area (Å²) >= 11 is 3.81. The second kappa shape index (κ2) is 11.3. The fourth-order valence-corrected chi connectivity index (χ4v) is 7.52. The van der Waals surface area contributed by atoms with Crippen LogP contribution in [0.3, 0.4) is 0 Å². The first-order valence-corrected chi connectivity index (χ1v) is 14.9. The molecule has 2 fully saturated rings. The minimum absolute atomic E-state index is 0.121. The predicted octanol–water partition coefficient (Wildman–Crippen LogP) is 5.43. The number of piperidine rings is 1. The molecule has 0 amide bonds. The van der Waals surface area contributed by atoms with Crippen LogP contribution < -0.4 is 4.74 Å². The molecule has 1 saturated heterocycles. The number of aromatic amines is 1. The average Bonchev–Trinajstić information content (AvgIpc) is 3.42. The highest BCUT2D eigenvalue weighted by molar-refractivity contribution is 7.79. The normalized spacial score (nSPS) is 24.4. The van der Waals surface area contributed by atoms with Crippen LogP contribution in [0, 0.1) is 11.8 Å². The zero-order chi connectivity index (χ0) is 26.1. The van der Waals surface area contributed by atoms with Crippen LogP contribution in [-0.2, 0) is 11.1 Å². The van der Waals surface area contributed by atoms with Crippen molar-refractivity contribution in [2.24, 2.45) is 11.8 Å². The fraction of sp³-hybridized carbons (Fsp3) is 0.464. The van der Waals surface area contributed by atoms with E-state index < -0.39 is 16.5 Å². The Balaban J connectivity index is 1.13. The molecule has 10 heteroatoms. The van der Waals surface area contributed by atoms with Crippen LogP contribution in [0.5, 0.6) is 5.75 Å². The van der Waals surface area contributed by atoms with Gasteiger partial charge in [0.05, 0.1) is 30.0 Å². The molecule has 1 saturated carbocycles. The maximum absolute atomic E-state index is 12.5. The van der Waals surface area contributed by atoms with E-state index in [1.54, 1.807) is 18.7 Å². The van der Waals surface area contributed by atoms with Crippen molar-refractivity contribution >= 4 is 44.6 Å². The standard InChI is InChI=1S/C28H32ClN5O3S/c29-21-7-9-22(10-8-21)37-16-18-2-1-13-34(15-18)28(38(35)36)20-5-3-19(4-6-20)26-25-23-11-12-30-27(23)31-14-24(25)32-17-33-26/h7-12,14,17-20,28H,1-6,13,15-16H2,(H,32,33)(H,35,36)/p-1. The number of nitrogens with one attached hydrogen (secondary N) is 1. The van der Waals surface area contributed by atoms with Gasteiger partial charge in [0.25, 0.3) is 0 Å². The molecular formula is C28H31ClN5O3S-. The smallest absolute Gasteiger partial charge is 0.159 e. The van der Waals surface area contributed by atoms with Gasteiger partial charge in [0.1, 0.15) is 5.75 Å². The van der Waals surface area contributed by atoms with E-state index in [1.807, 2.05) is 30.3 Å². The summed E-state index contributed by atoms with van der Waals surface area (Å²) in [5.74, 6) is 1.53. The molecule has 8 nitrogen and oxygen atoms in total. The Morgan fingerprint density at radius 2 is 1.92 bits per heavy atom. The third-order valence-electron chi connectivity index (χ3n) is 8.20. The van der Waals surface area contributed by atoms with Crippen molar-refractivity contribution in [2.45, 2.75) is 49.8 Å². The van der Waals surface area contributed by atoms with Crippen LogP contribution >= 0.6 is 11.6 Å². The number of hydrogen-bond acceptors (Lipinski definition) is 7. The van der Waals surface area contributed by atoms with Crippen molar-refractivity contribution in [1.29, 1.82) is 0 Å². The highest BCUT2D eigenvalue weighted by Crippen LogP contribution is 2.41. The lowest BCUT2D eigenvalue weighted by atomic mass is 9.79. The van der Waals surface area contributed by atoms with Crippen molar-refractivity contribution < 1.29 is 13.5 Å². The molecule has 1 aliphatic carbocycles. The molecule has 38 heavy (non-hydrogen) atoms. The maximum atomic E-state index is 12.5. The number of H-pyrrole nitrogens is 1. The third kappa shape index (κ3) is 5.30. The Hall–Kier alpha value is -2.59. The minimum Gasteiger partial charge on any atom is -0.771 e. The Morgan fingerprint density at radius 1 is 1.11 bits per heavy atom. The lowest BCUT2D eigenvalue weighted by Gasteiger charge is -2.44. The zero-order valence-electron chi connectivity index (χ0n) is 21.1. The molecule has 3 atom stereocenters. The molecule has 1 N–H and O–H groups in total. The zero-order valence-corrected chi connectivity index (χ0v) is 22.7. The van der Waals surface area contributed by atoms with Gasteiger partial charge < -0.3 is 14.3 Å². The molecule has 200 valence electrons. The SMILES string of the molecule is O=S([O-])C(C1CCC(c2[nH]cnc3cnc4nccc4c23)CC1)N1CCCC(COc2ccc(Cl)cc2)C1. The van der Waals surface area contributed by atoms with Crippen LogP contribution in [-0.4, -0.2) is 58.7 Å². The fourth-order valence-electron chi connectivity index (χ4n) is 6.38. The van der Waals surface area contributed by atoms with Gasteiger partial charge >= 0.3 is 0 Å². The number of nitrogens with zero attached hydrogens (tertiary/aromatic N) is 4. The lowest BCUT2D eigenvalue weighted by molar-refractivity contribution is 0.0874. The molecule has 1 aliphatic heterocycles. The minimum atomic E-state index is -2.16. The number of likely N-dealkylation sites (tertiary alicyclic amines) is 1. The number of pyridine rings is 1. The first kappa shape index (κ1) is 25.7. The van der Waals surface area contributed by atoms with Gasteiger partial charge in [0.15, 0.2) is 5.65 Å². The molecule has 1 aromatic carbocycles. The summed E-state index contributed by atoms with van der Waals surface area (Å²) in [7, 11) is 0. The number of rotatable bonds is 7. The highest BCUT2D eigenvalue weighted by atomic mass is 35.5. The van der Waals surface area contributed by atoms with Crippen molar-refractivity contribution in [3.63, 3.8) is 0 Å². The molecule has 4 aromatic rings. The van der Waals surface area contributed by atoms with E-state index in [-0.39, 0.29) is 5.92 Å². The highest BCUT2D eigenvalue weighted by Gasteiger charge is 2.35. The van der Waals surface area contributed by atoms with Gasteiger partial charge in [-0.1, -0.05) is 11.6 Å². The average molecular weight is 553 g/mol. The summed E-state index contributed by atoms with van der Waals surface area (Å²) in [5.41, 5.74) is 2.75. The predicted molar refractivity (Wildman–Crippen MR) is 148 cm³/mol. The second-order valence-corrected chi connectivity index (χ2v) is 12.0. The van der Waals surface area contributed by atoms with Gasteiger partial charge in [-0.2, -0.15) is 0 Å². The number of aromatic nitrogens is 4. The van der Waals surface area contributed by atoms with Crippen LogP contribution in [0.25, 0.3) is 21.9 Å². The van der Waals surface area contributed by atoms with Crippen molar-refractivity contribution in [3.05, 3.63) is 59.8 Å². The number of fused-ring (bicyclic) bond motifs is 3. The summed E-state index contributed by atoms with van der Waals surface area (Å²) in [5, 5.41) is 2.33. The van der Waals surface area contributed by atoms with Gasteiger partial charge in [-0.05, 0) is 98.3 Å². The van der Waals surface area contributed by atoms with Gasteiger partial charge in [0, 0.05) is 40.1 Å². The Morgan fingerprint density at radius 3 is 2.71 bits per heavy atom. The Labute approximate surface area is 229 Å². The summed E-state index contributed by atoms with van der Waals surface area (Å²) in [4.78, 5) is 18.9. The Bertz CT molecular complexity index is 1420. The molecular weight excluding hydrogens is 522 g/mol. The summed E-state index contributed by atoms with van der Waals surface area (Å²) in [6.45, 7) is 2.13. The van der Waals surface area contributed by atoms with Gasteiger partial charge in [-0.15, -0.1) is 0 Å². The molecule has 0 spiro atoms. The van der Waals surface area contributed by atoms with Crippen molar-refractivity contribution in [2.75, 3.05) is 19.7 Å². The first-order chi connectivity index (χ1) is 18.6. The summed E-state index contributed by atoms with van der Waals surface area (Å²) < 4.78 is 31.1. The molecule has 6 rings (SSSR count). The van der Waals surface area contributed by atoms with Crippen LogP contribution in [0.2, 0.25) is 5.02 Å². The van der Waals surface area contributed by atoms with Crippen LogP contribution in [0.15, 0.2) is 49.1 Å². The Kier molecular flexibility index (Phi) is 7.61. The van der Waals surface area contributed by atoms with Crippen molar-refractivity contribution in [1.82, 2.24) is 24.8 Å². The van der Waals surface area contributed by atoms with Gasteiger partial charge in [0.2, 0.25) is 0 Å². The van der Waals surface area contributed by atoms with E-state index >= 15 is 0 Å². The topological polar surface area (TPSA) is 107 Å². The van der Waals surface area contributed by atoms with E-state index in [4.69, 9.17) is 16.3 Å². The quantitative estimate of drug-likeness (QED) is 0.305. The third-order valence-corrected chi connectivity index (χ3v) is 9.53.